The van der Waals surface area contributed by atoms with E-state index in [-0.39, 0.29) is 17.9 Å². The maximum absolute atomic E-state index is 12.6. The molecule has 22 heavy (non-hydrogen) atoms. The number of rotatable bonds is 5. The molecule has 2 heterocycles. The first-order chi connectivity index (χ1) is 10.3. The van der Waals surface area contributed by atoms with Crippen LogP contribution in [-0.4, -0.2) is 31.4 Å². The second kappa shape index (κ2) is 5.92. The number of alkyl halides is 2. The molecule has 0 aliphatic heterocycles. The maximum atomic E-state index is 12.6. The first-order valence-corrected chi connectivity index (χ1v) is 6.23. The second-order valence-electron chi connectivity index (χ2n) is 4.61. The second-order valence-corrected chi connectivity index (χ2v) is 4.61. The number of hydrogen-bond donors (Lipinski definition) is 2. The number of nitrogens with two attached hydrogens (primary N) is 1. The van der Waals surface area contributed by atoms with E-state index in [9.17, 15) is 18.4 Å². The molecule has 0 saturated carbocycles. The van der Waals surface area contributed by atoms with Gasteiger partial charge in [-0.1, -0.05) is 0 Å². The van der Waals surface area contributed by atoms with Gasteiger partial charge >= 0.3 is 0 Å². The molecule has 0 radical (unpaired) electrons. The number of nitrogens with zero attached hydrogens (tertiary/aromatic N) is 4. The molecule has 0 aliphatic carbocycles. The lowest BCUT2D eigenvalue weighted by Gasteiger charge is -2.06. The van der Waals surface area contributed by atoms with Crippen LogP contribution in [0.4, 0.5) is 14.5 Å². The molecule has 0 saturated heterocycles. The fraction of sp³-hybridized carbons (Fsp3) is 0.333. The van der Waals surface area contributed by atoms with Crippen molar-refractivity contribution in [1.29, 1.82) is 0 Å². The van der Waals surface area contributed by atoms with E-state index in [0.717, 1.165) is 4.68 Å². The molecule has 0 bridgehead atoms. The Labute approximate surface area is 123 Å². The zero-order valence-electron chi connectivity index (χ0n) is 11.9. The molecule has 0 fully saturated rings. The zero-order valence-corrected chi connectivity index (χ0v) is 11.9. The number of halogens is 2. The Morgan fingerprint density at radius 3 is 2.68 bits per heavy atom. The molecule has 2 rings (SSSR count). The molecule has 0 aliphatic rings. The summed E-state index contributed by atoms with van der Waals surface area (Å²) < 4.78 is 27.5. The van der Waals surface area contributed by atoms with Crippen molar-refractivity contribution in [2.24, 2.45) is 12.8 Å². The molecule has 2 aromatic heterocycles. The van der Waals surface area contributed by atoms with Crippen molar-refractivity contribution in [3.8, 4) is 0 Å². The van der Waals surface area contributed by atoms with Gasteiger partial charge in [-0.05, 0) is 13.0 Å². The van der Waals surface area contributed by atoms with Crippen LogP contribution >= 0.6 is 0 Å². The molecular formula is C12H14F2N6O2. The third-order valence-corrected chi connectivity index (χ3v) is 2.96. The summed E-state index contributed by atoms with van der Waals surface area (Å²) in [6.07, 6.45) is -1.43. The van der Waals surface area contributed by atoms with Crippen LogP contribution in [0.5, 0.6) is 0 Å². The molecule has 8 nitrogen and oxygen atoms in total. The number of anilines is 1. The van der Waals surface area contributed by atoms with Gasteiger partial charge in [-0.3, -0.25) is 19.0 Å². The quantitative estimate of drug-likeness (QED) is 0.842. The van der Waals surface area contributed by atoms with E-state index in [1.165, 1.54) is 24.0 Å². The average molecular weight is 312 g/mol. The number of carbonyl (C=O) groups excluding carboxylic acids is 2. The molecule has 0 spiro atoms. The summed E-state index contributed by atoms with van der Waals surface area (Å²) >= 11 is 0. The highest BCUT2D eigenvalue weighted by Crippen LogP contribution is 2.18. The molecule has 0 aromatic carbocycles. The summed E-state index contributed by atoms with van der Waals surface area (Å²) in [6, 6.07) is 1.21. The molecule has 0 unspecified atom stereocenters. The lowest BCUT2D eigenvalue weighted by atomic mass is 10.3. The van der Waals surface area contributed by atoms with Crippen molar-refractivity contribution in [3.63, 3.8) is 0 Å². The van der Waals surface area contributed by atoms with Crippen LogP contribution in [0.1, 0.15) is 28.3 Å². The molecule has 0 atom stereocenters. The predicted molar refractivity (Wildman–Crippen MR) is 72.3 cm³/mol. The normalized spacial score (nSPS) is 11.0. The minimum Gasteiger partial charge on any atom is -0.364 e. The minimum atomic E-state index is -2.71. The summed E-state index contributed by atoms with van der Waals surface area (Å²) in [4.78, 5) is 23.2. The fourth-order valence-electron chi connectivity index (χ4n) is 1.95. The number of nitrogens with one attached hydrogen (secondary N) is 1. The Hall–Kier alpha value is -2.78. The Bertz CT molecular complexity index is 721. The topological polar surface area (TPSA) is 108 Å². The van der Waals surface area contributed by atoms with E-state index in [0.29, 0.717) is 5.69 Å². The lowest BCUT2D eigenvalue weighted by Crippen LogP contribution is -2.23. The first kappa shape index (κ1) is 15.6. The monoisotopic (exact) mass is 312 g/mol. The number of aromatic nitrogens is 4. The third-order valence-electron chi connectivity index (χ3n) is 2.96. The molecule has 3 N–H and O–H groups in total. The molecular weight excluding hydrogens is 298 g/mol. The molecule has 10 heteroatoms. The van der Waals surface area contributed by atoms with Crippen molar-refractivity contribution in [3.05, 3.63) is 29.3 Å². The van der Waals surface area contributed by atoms with Crippen molar-refractivity contribution >= 4 is 17.5 Å². The Morgan fingerprint density at radius 1 is 1.45 bits per heavy atom. The Balaban J connectivity index is 2.13. The lowest BCUT2D eigenvalue weighted by molar-refractivity contribution is -0.117. The molecule has 118 valence electrons. The number of amides is 2. The fourth-order valence-corrected chi connectivity index (χ4v) is 1.95. The maximum Gasteiger partial charge on any atom is 0.282 e. The number of carbonyl (C=O) groups is 2. The van der Waals surface area contributed by atoms with E-state index in [4.69, 9.17) is 5.73 Å². The summed E-state index contributed by atoms with van der Waals surface area (Å²) in [5.74, 6) is -1.28. The van der Waals surface area contributed by atoms with E-state index in [1.54, 1.807) is 6.92 Å². The van der Waals surface area contributed by atoms with Crippen LogP contribution in [-0.2, 0) is 18.4 Å². The number of aryl methyl sites for hydroxylation is 2. The van der Waals surface area contributed by atoms with Gasteiger partial charge in [0.2, 0.25) is 5.91 Å². The highest BCUT2D eigenvalue weighted by atomic mass is 19.3. The van der Waals surface area contributed by atoms with Gasteiger partial charge < -0.3 is 11.1 Å². The van der Waals surface area contributed by atoms with E-state index in [1.807, 2.05) is 0 Å². The van der Waals surface area contributed by atoms with Crippen molar-refractivity contribution < 1.29 is 18.4 Å². The smallest absolute Gasteiger partial charge is 0.282 e. The Morgan fingerprint density at radius 2 is 2.14 bits per heavy atom. The van der Waals surface area contributed by atoms with Crippen LogP contribution in [0.2, 0.25) is 0 Å². The highest BCUT2D eigenvalue weighted by Gasteiger charge is 2.18. The van der Waals surface area contributed by atoms with E-state index in [2.05, 4.69) is 15.5 Å². The molecule has 2 aromatic rings. The van der Waals surface area contributed by atoms with Gasteiger partial charge in [0.15, 0.2) is 0 Å². The van der Waals surface area contributed by atoms with Gasteiger partial charge in [0.1, 0.15) is 17.9 Å². The average Bonchev–Trinajstić information content (AvgIpc) is 2.94. The number of primary amides is 1. The van der Waals surface area contributed by atoms with Gasteiger partial charge in [0.05, 0.1) is 11.9 Å². The van der Waals surface area contributed by atoms with E-state index < -0.39 is 23.9 Å². The first-order valence-electron chi connectivity index (χ1n) is 6.23. The largest absolute Gasteiger partial charge is 0.364 e. The van der Waals surface area contributed by atoms with Gasteiger partial charge in [0.25, 0.3) is 12.3 Å². The van der Waals surface area contributed by atoms with Crippen LogP contribution < -0.4 is 11.1 Å². The predicted octanol–water partition coefficient (Wildman–Crippen LogP) is 0.600. The van der Waals surface area contributed by atoms with Gasteiger partial charge in [-0.2, -0.15) is 10.2 Å². The summed E-state index contributed by atoms with van der Waals surface area (Å²) in [7, 11) is 1.50. The summed E-state index contributed by atoms with van der Waals surface area (Å²) in [5, 5.41) is 9.92. The standard InChI is InChI=1S/C12H14F2N6O2/c1-6-3-7(11(13)14)18-20(6)5-9(21)17-8-4-16-19(2)10(8)12(15)22/h3-4,11H,5H2,1-2H3,(H2,15,22)(H,17,21). The minimum absolute atomic E-state index is 0.0406. The third kappa shape index (κ3) is 3.10. The van der Waals surface area contributed by atoms with Crippen LogP contribution in [0.25, 0.3) is 0 Å². The number of hydrogen-bond acceptors (Lipinski definition) is 4. The SMILES string of the molecule is Cc1cc(C(F)F)nn1CC(=O)Nc1cnn(C)c1C(N)=O. The van der Waals surface area contributed by atoms with Gasteiger partial charge in [0, 0.05) is 12.7 Å². The zero-order chi connectivity index (χ0) is 16.4. The van der Waals surface area contributed by atoms with Crippen molar-refractivity contribution in [2.75, 3.05) is 5.32 Å². The Kier molecular flexibility index (Phi) is 4.20. The van der Waals surface area contributed by atoms with Crippen molar-refractivity contribution in [1.82, 2.24) is 19.6 Å². The van der Waals surface area contributed by atoms with Crippen LogP contribution in [0.3, 0.4) is 0 Å². The molecule has 2 amide bonds. The van der Waals surface area contributed by atoms with Gasteiger partial charge in [-0.15, -0.1) is 0 Å². The van der Waals surface area contributed by atoms with Gasteiger partial charge in [-0.25, -0.2) is 8.78 Å². The summed E-state index contributed by atoms with van der Waals surface area (Å²) in [6.45, 7) is 1.29. The van der Waals surface area contributed by atoms with E-state index >= 15 is 0 Å². The summed E-state index contributed by atoms with van der Waals surface area (Å²) in [5.41, 5.74) is 5.41. The highest BCUT2D eigenvalue weighted by molar-refractivity contribution is 6.01. The van der Waals surface area contributed by atoms with Crippen molar-refractivity contribution in [2.45, 2.75) is 19.9 Å². The van der Waals surface area contributed by atoms with Crippen LogP contribution in [0, 0.1) is 6.92 Å². The van der Waals surface area contributed by atoms with Crippen LogP contribution in [0.15, 0.2) is 12.3 Å².